The lowest BCUT2D eigenvalue weighted by Gasteiger charge is -2.18. The first-order chi connectivity index (χ1) is 11.8. The minimum absolute atomic E-state index is 0.110. The fourth-order valence-corrected chi connectivity index (χ4v) is 2.92. The Morgan fingerprint density at radius 3 is 2.62 bits per heavy atom. The smallest absolute Gasteiger partial charge is 0.127 e. The van der Waals surface area contributed by atoms with E-state index in [4.69, 9.17) is 4.98 Å². The summed E-state index contributed by atoms with van der Waals surface area (Å²) in [5.41, 5.74) is 3.24. The molecule has 0 amide bonds. The molecule has 2 heterocycles. The summed E-state index contributed by atoms with van der Waals surface area (Å²) in [6, 6.07) is 22.6. The Labute approximate surface area is 140 Å². The molecule has 1 atom stereocenters. The van der Waals surface area contributed by atoms with Crippen molar-refractivity contribution < 1.29 is 0 Å². The van der Waals surface area contributed by atoms with Crippen molar-refractivity contribution >= 4 is 16.7 Å². The Kier molecular flexibility index (Phi) is 3.71. The summed E-state index contributed by atoms with van der Waals surface area (Å²) in [5, 5.41) is 9.00. The zero-order valence-electron chi connectivity index (χ0n) is 13.4. The van der Waals surface area contributed by atoms with Gasteiger partial charge in [-0.2, -0.15) is 5.10 Å². The van der Waals surface area contributed by atoms with Gasteiger partial charge >= 0.3 is 0 Å². The number of hydrogen-bond acceptors (Lipinski definition) is 3. The van der Waals surface area contributed by atoms with Gasteiger partial charge in [0.1, 0.15) is 5.82 Å². The molecule has 0 radical (unpaired) electrons. The molecule has 24 heavy (non-hydrogen) atoms. The molecule has 0 bridgehead atoms. The maximum atomic E-state index is 4.70. The number of para-hydroxylation sites is 2. The number of rotatable bonds is 4. The summed E-state index contributed by atoms with van der Waals surface area (Å²) in [7, 11) is 0. The lowest BCUT2D eigenvalue weighted by atomic mass is 10.1. The number of nitrogens with zero attached hydrogens (tertiary/aromatic N) is 3. The highest BCUT2D eigenvalue weighted by atomic mass is 15.3. The van der Waals surface area contributed by atoms with E-state index in [1.54, 1.807) is 6.20 Å². The van der Waals surface area contributed by atoms with E-state index in [0.29, 0.717) is 0 Å². The highest BCUT2D eigenvalue weighted by molar-refractivity contribution is 5.80. The molecule has 118 valence electrons. The van der Waals surface area contributed by atoms with Crippen LogP contribution in [-0.2, 0) is 0 Å². The molecule has 4 nitrogen and oxygen atoms in total. The third-order valence-corrected chi connectivity index (χ3v) is 4.12. The van der Waals surface area contributed by atoms with Crippen LogP contribution in [0.5, 0.6) is 0 Å². The largest absolute Gasteiger partial charge is 0.363 e. The Balaban J connectivity index is 1.65. The fraction of sp³-hybridized carbons (Fsp3) is 0.100. The third-order valence-electron chi connectivity index (χ3n) is 4.12. The summed E-state index contributed by atoms with van der Waals surface area (Å²) < 4.78 is 1.89. The molecule has 0 saturated heterocycles. The van der Waals surface area contributed by atoms with Gasteiger partial charge in [0.2, 0.25) is 0 Å². The average Bonchev–Trinajstić information content (AvgIpc) is 3.16. The Morgan fingerprint density at radius 2 is 1.75 bits per heavy atom. The standard InChI is InChI=1S/C20H18N4/c1-15(17-8-3-5-10-19(17)24-14-6-13-21-24)22-20-12-11-16-7-2-4-9-18(16)23-20/h2-15H,1H3,(H,22,23). The molecule has 1 N–H and O–H groups in total. The van der Waals surface area contributed by atoms with Gasteiger partial charge in [0.05, 0.1) is 17.2 Å². The van der Waals surface area contributed by atoms with Gasteiger partial charge in [-0.3, -0.25) is 0 Å². The van der Waals surface area contributed by atoms with Gasteiger partial charge in [-0.1, -0.05) is 36.4 Å². The quantitative estimate of drug-likeness (QED) is 0.599. The summed E-state index contributed by atoms with van der Waals surface area (Å²) in [6.07, 6.45) is 3.75. The molecule has 2 aromatic heterocycles. The molecule has 0 spiro atoms. The van der Waals surface area contributed by atoms with E-state index in [2.05, 4.69) is 41.6 Å². The molecule has 0 aliphatic rings. The van der Waals surface area contributed by atoms with E-state index >= 15 is 0 Å². The maximum absolute atomic E-state index is 4.70. The SMILES string of the molecule is CC(Nc1ccc2ccccc2n1)c1ccccc1-n1cccn1. The van der Waals surface area contributed by atoms with Crippen LogP contribution in [-0.4, -0.2) is 14.8 Å². The van der Waals surface area contributed by atoms with Crippen LogP contribution in [0.1, 0.15) is 18.5 Å². The zero-order valence-corrected chi connectivity index (χ0v) is 13.4. The van der Waals surface area contributed by atoms with E-state index in [9.17, 15) is 0 Å². The number of aromatic nitrogens is 3. The van der Waals surface area contributed by atoms with Gasteiger partial charge in [-0.05, 0) is 42.8 Å². The van der Waals surface area contributed by atoms with Crippen LogP contribution >= 0.6 is 0 Å². The topological polar surface area (TPSA) is 42.7 Å². The minimum atomic E-state index is 0.110. The molecule has 4 heteroatoms. The summed E-state index contributed by atoms with van der Waals surface area (Å²) in [5.74, 6) is 0.872. The lowest BCUT2D eigenvalue weighted by Crippen LogP contribution is -2.11. The first-order valence-electron chi connectivity index (χ1n) is 8.02. The highest BCUT2D eigenvalue weighted by Crippen LogP contribution is 2.25. The highest BCUT2D eigenvalue weighted by Gasteiger charge is 2.12. The van der Waals surface area contributed by atoms with E-state index in [0.717, 1.165) is 22.4 Å². The van der Waals surface area contributed by atoms with E-state index in [1.807, 2.05) is 53.3 Å². The Bertz CT molecular complexity index is 960. The van der Waals surface area contributed by atoms with Gasteiger partial charge in [-0.15, -0.1) is 0 Å². The van der Waals surface area contributed by atoms with Gasteiger partial charge in [0, 0.05) is 17.8 Å². The van der Waals surface area contributed by atoms with E-state index in [1.165, 1.54) is 5.56 Å². The molecular formula is C20H18N4. The molecule has 1 unspecified atom stereocenters. The van der Waals surface area contributed by atoms with Crippen LogP contribution in [0.15, 0.2) is 79.1 Å². The lowest BCUT2D eigenvalue weighted by molar-refractivity contribution is 0.815. The van der Waals surface area contributed by atoms with Crippen molar-refractivity contribution in [1.82, 2.24) is 14.8 Å². The van der Waals surface area contributed by atoms with E-state index < -0.39 is 0 Å². The van der Waals surface area contributed by atoms with Crippen LogP contribution in [0.2, 0.25) is 0 Å². The van der Waals surface area contributed by atoms with Gasteiger partial charge in [-0.25, -0.2) is 9.67 Å². The molecular weight excluding hydrogens is 296 g/mol. The monoisotopic (exact) mass is 314 g/mol. The molecule has 0 saturated carbocycles. The summed E-state index contributed by atoms with van der Waals surface area (Å²) >= 11 is 0. The first kappa shape index (κ1) is 14.5. The van der Waals surface area contributed by atoms with Crippen molar-refractivity contribution in [2.24, 2.45) is 0 Å². The van der Waals surface area contributed by atoms with Crippen molar-refractivity contribution in [3.8, 4) is 5.69 Å². The van der Waals surface area contributed by atoms with Gasteiger partial charge in [0.25, 0.3) is 0 Å². The number of nitrogens with one attached hydrogen (secondary N) is 1. The van der Waals surface area contributed by atoms with Crippen LogP contribution in [0.4, 0.5) is 5.82 Å². The zero-order chi connectivity index (χ0) is 16.4. The minimum Gasteiger partial charge on any atom is -0.363 e. The molecule has 0 fully saturated rings. The van der Waals surface area contributed by atoms with Crippen molar-refractivity contribution in [3.63, 3.8) is 0 Å². The number of hydrogen-bond donors (Lipinski definition) is 1. The summed E-state index contributed by atoms with van der Waals surface area (Å²) in [6.45, 7) is 2.14. The van der Waals surface area contributed by atoms with Crippen molar-refractivity contribution in [1.29, 1.82) is 0 Å². The fourth-order valence-electron chi connectivity index (χ4n) is 2.92. The van der Waals surface area contributed by atoms with E-state index in [-0.39, 0.29) is 6.04 Å². The number of anilines is 1. The second kappa shape index (κ2) is 6.16. The molecule has 0 aliphatic heterocycles. The number of pyridine rings is 1. The Morgan fingerprint density at radius 1 is 0.917 bits per heavy atom. The predicted octanol–water partition coefficient (Wildman–Crippen LogP) is 4.59. The maximum Gasteiger partial charge on any atom is 0.127 e. The van der Waals surface area contributed by atoms with Crippen LogP contribution in [0.25, 0.3) is 16.6 Å². The second-order valence-corrected chi connectivity index (χ2v) is 5.76. The normalized spacial score (nSPS) is 12.2. The average molecular weight is 314 g/mol. The number of fused-ring (bicyclic) bond motifs is 1. The molecule has 4 aromatic rings. The summed E-state index contributed by atoms with van der Waals surface area (Å²) in [4.78, 5) is 4.70. The van der Waals surface area contributed by atoms with Crippen LogP contribution in [0.3, 0.4) is 0 Å². The van der Waals surface area contributed by atoms with Gasteiger partial charge < -0.3 is 5.32 Å². The van der Waals surface area contributed by atoms with Crippen molar-refractivity contribution in [2.45, 2.75) is 13.0 Å². The molecule has 4 rings (SSSR count). The first-order valence-corrected chi connectivity index (χ1v) is 8.02. The Hall–Kier alpha value is -3.14. The van der Waals surface area contributed by atoms with Crippen LogP contribution < -0.4 is 5.32 Å². The van der Waals surface area contributed by atoms with Crippen molar-refractivity contribution in [2.75, 3.05) is 5.32 Å². The van der Waals surface area contributed by atoms with Crippen LogP contribution in [0, 0.1) is 0 Å². The molecule has 0 aliphatic carbocycles. The second-order valence-electron chi connectivity index (χ2n) is 5.76. The van der Waals surface area contributed by atoms with Gasteiger partial charge in [0.15, 0.2) is 0 Å². The number of benzene rings is 2. The third kappa shape index (κ3) is 2.74. The van der Waals surface area contributed by atoms with Crippen molar-refractivity contribution in [3.05, 3.63) is 84.7 Å². The molecule has 2 aromatic carbocycles. The predicted molar refractivity (Wildman–Crippen MR) is 97.3 cm³/mol.